The summed E-state index contributed by atoms with van der Waals surface area (Å²) in [4.78, 5) is 9.02. The van der Waals surface area contributed by atoms with E-state index < -0.39 is 0 Å². The molecule has 0 N–H and O–H groups in total. The van der Waals surface area contributed by atoms with E-state index in [1.165, 1.54) is 5.56 Å². The quantitative estimate of drug-likeness (QED) is 0.708. The molecule has 0 fully saturated rings. The monoisotopic (exact) mass is 290 g/mol. The standard InChI is InChI=1S/C19H18N2O/c1-3-22-19-20-17(15-7-5-4-6-8-15)13-18(21-19)16-11-9-14(2)10-12-16/h4-13H,3H2,1-2H3. The molecular weight excluding hydrogens is 272 g/mol. The first-order chi connectivity index (χ1) is 10.8. The zero-order chi connectivity index (χ0) is 15.4. The maximum atomic E-state index is 5.53. The second kappa shape index (κ2) is 6.39. The van der Waals surface area contributed by atoms with Gasteiger partial charge in [0.15, 0.2) is 0 Å². The van der Waals surface area contributed by atoms with Crippen LogP contribution in [0.15, 0.2) is 60.7 Å². The fourth-order valence-electron chi connectivity index (χ4n) is 2.25. The minimum absolute atomic E-state index is 0.416. The molecule has 0 aliphatic rings. The first-order valence-electron chi connectivity index (χ1n) is 7.40. The number of ether oxygens (including phenoxy) is 1. The van der Waals surface area contributed by atoms with Crippen molar-refractivity contribution < 1.29 is 4.74 Å². The zero-order valence-electron chi connectivity index (χ0n) is 12.8. The van der Waals surface area contributed by atoms with Crippen molar-refractivity contribution in [2.75, 3.05) is 6.61 Å². The molecule has 2 aromatic carbocycles. The third-order valence-electron chi connectivity index (χ3n) is 3.40. The van der Waals surface area contributed by atoms with E-state index in [4.69, 9.17) is 4.74 Å². The Morgan fingerprint density at radius 1 is 0.818 bits per heavy atom. The van der Waals surface area contributed by atoms with Gasteiger partial charge in [0, 0.05) is 11.1 Å². The van der Waals surface area contributed by atoms with Crippen LogP contribution in [0.2, 0.25) is 0 Å². The molecular formula is C19H18N2O. The molecule has 0 unspecified atom stereocenters. The van der Waals surface area contributed by atoms with Gasteiger partial charge in [0.05, 0.1) is 18.0 Å². The minimum Gasteiger partial charge on any atom is -0.464 e. The van der Waals surface area contributed by atoms with Crippen LogP contribution in [-0.4, -0.2) is 16.6 Å². The van der Waals surface area contributed by atoms with E-state index in [0.29, 0.717) is 12.6 Å². The average molecular weight is 290 g/mol. The molecule has 0 spiro atoms. The highest BCUT2D eigenvalue weighted by atomic mass is 16.5. The molecule has 3 rings (SSSR count). The maximum absolute atomic E-state index is 5.53. The van der Waals surface area contributed by atoms with Crippen molar-refractivity contribution in [3.8, 4) is 28.5 Å². The van der Waals surface area contributed by atoms with Crippen LogP contribution >= 0.6 is 0 Å². The van der Waals surface area contributed by atoms with E-state index in [2.05, 4.69) is 41.2 Å². The number of benzene rings is 2. The van der Waals surface area contributed by atoms with Crippen LogP contribution in [0.5, 0.6) is 6.01 Å². The van der Waals surface area contributed by atoms with Gasteiger partial charge in [0.25, 0.3) is 0 Å². The van der Waals surface area contributed by atoms with Crippen molar-refractivity contribution in [2.45, 2.75) is 13.8 Å². The summed E-state index contributed by atoms with van der Waals surface area (Å²) < 4.78 is 5.53. The van der Waals surface area contributed by atoms with Gasteiger partial charge in [0.1, 0.15) is 0 Å². The van der Waals surface area contributed by atoms with E-state index in [1.54, 1.807) is 0 Å². The number of hydrogen-bond donors (Lipinski definition) is 0. The van der Waals surface area contributed by atoms with Gasteiger partial charge in [-0.15, -0.1) is 0 Å². The van der Waals surface area contributed by atoms with Gasteiger partial charge in [-0.05, 0) is 19.9 Å². The Morgan fingerprint density at radius 3 is 2.00 bits per heavy atom. The van der Waals surface area contributed by atoms with E-state index in [9.17, 15) is 0 Å². The summed E-state index contributed by atoms with van der Waals surface area (Å²) in [7, 11) is 0. The lowest BCUT2D eigenvalue weighted by molar-refractivity contribution is 0.313. The first-order valence-corrected chi connectivity index (χ1v) is 7.40. The highest BCUT2D eigenvalue weighted by Gasteiger charge is 2.09. The largest absolute Gasteiger partial charge is 0.464 e. The van der Waals surface area contributed by atoms with Crippen LogP contribution in [0.1, 0.15) is 12.5 Å². The number of rotatable bonds is 4. The van der Waals surface area contributed by atoms with Crippen LogP contribution in [0, 0.1) is 6.92 Å². The summed E-state index contributed by atoms with van der Waals surface area (Å²) in [5.74, 6) is 0. The molecule has 0 radical (unpaired) electrons. The van der Waals surface area contributed by atoms with Crippen molar-refractivity contribution in [3.05, 3.63) is 66.2 Å². The van der Waals surface area contributed by atoms with Crippen molar-refractivity contribution in [1.82, 2.24) is 9.97 Å². The van der Waals surface area contributed by atoms with Crippen molar-refractivity contribution in [1.29, 1.82) is 0 Å². The summed E-state index contributed by atoms with van der Waals surface area (Å²) in [6.45, 7) is 4.56. The molecule has 110 valence electrons. The number of hydrogen-bond acceptors (Lipinski definition) is 3. The molecule has 0 bridgehead atoms. The minimum atomic E-state index is 0.416. The second-order valence-electron chi connectivity index (χ2n) is 5.09. The predicted molar refractivity (Wildman–Crippen MR) is 88.8 cm³/mol. The lowest BCUT2D eigenvalue weighted by atomic mass is 10.1. The Kier molecular flexibility index (Phi) is 4.15. The molecule has 0 saturated carbocycles. The molecule has 3 heteroatoms. The highest BCUT2D eigenvalue weighted by Crippen LogP contribution is 2.26. The van der Waals surface area contributed by atoms with Gasteiger partial charge in [-0.2, -0.15) is 9.97 Å². The van der Waals surface area contributed by atoms with Gasteiger partial charge < -0.3 is 4.74 Å². The van der Waals surface area contributed by atoms with Crippen LogP contribution in [0.3, 0.4) is 0 Å². The Bertz CT molecular complexity index is 752. The fraction of sp³-hybridized carbons (Fsp3) is 0.158. The zero-order valence-corrected chi connectivity index (χ0v) is 12.8. The summed E-state index contributed by atoms with van der Waals surface area (Å²) >= 11 is 0. The van der Waals surface area contributed by atoms with Crippen molar-refractivity contribution >= 4 is 0 Å². The normalized spacial score (nSPS) is 10.5. The van der Waals surface area contributed by atoms with Crippen LogP contribution in [-0.2, 0) is 0 Å². The third kappa shape index (κ3) is 3.14. The lowest BCUT2D eigenvalue weighted by Crippen LogP contribution is -2.00. The second-order valence-corrected chi connectivity index (χ2v) is 5.09. The van der Waals surface area contributed by atoms with E-state index in [0.717, 1.165) is 22.5 Å². The molecule has 0 saturated heterocycles. The number of nitrogens with zero attached hydrogens (tertiary/aromatic N) is 2. The molecule has 3 aromatic rings. The van der Waals surface area contributed by atoms with Crippen molar-refractivity contribution in [2.24, 2.45) is 0 Å². The Hall–Kier alpha value is -2.68. The lowest BCUT2D eigenvalue weighted by Gasteiger charge is -2.09. The van der Waals surface area contributed by atoms with E-state index in [1.807, 2.05) is 43.3 Å². The smallest absolute Gasteiger partial charge is 0.317 e. The summed E-state index contributed by atoms with van der Waals surface area (Å²) in [5, 5.41) is 0. The Labute approximate surface area is 130 Å². The summed E-state index contributed by atoms with van der Waals surface area (Å²) in [6, 6.07) is 20.8. The SMILES string of the molecule is CCOc1nc(-c2ccccc2)cc(-c2ccc(C)cc2)n1. The summed E-state index contributed by atoms with van der Waals surface area (Å²) in [5.41, 5.74) is 5.09. The van der Waals surface area contributed by atoms with Crippen LogP contribution in [0.25, 0.3) is 22.5 Å². The molecule has 1 aromatic heterocycles. The van der Waals surface area contributed by atoms with Crippen LogP contribution < -0.4 is 4.74 Å². The van der Waals surface area contributed by atoms with Crippen LogP contribution in [0.4, 0.5) is 0 Å². The molecule has 3 nitrogen and oxygen atoms in total. The fourth-order valence-corrected chi connectivity index (χ4v) is 2.25. The number of aromatic nitrogens is 2. The topological polar surface area (TPSA) is 35.0 Å². The Balaban J connectivity index is 2.09. The predicted octanol–water partition coefficient (Wildman–Crippen LogP) is 4.52. The van der Waals surface area contributed by atoms with Crippen molar-refractivity contribution in [3.63, 3.8) is 0 Å². The van der Waals surface area contributed by atoms with Gasteiger partial charge in [-0.1, -0.05) is 60.2 Å². The Morgan fingerprint density at radius 2 is 1.41 bits per heavy atom. The van der Waals surface area contributed by atoms with E-state index in [-0.39, 0.29) is 0 Å². The molecule has 0 aliphatic heterocycles. The maximum Gasteiger partial charge on any atom is 0.317 e. The van der Waals surface area contributed by atoms with Gasteiger partial charge in [0.2, 0.25) is 0 Å². The average Bonchev–Trinajstić information content (AvgIpc) is 2.56. The molecule has 1 heterocycles. The molecule has 22 heavy (non-hydrogen) atoms. The molecule has 0 aliphatic carbocycles. The van der Waals surface area contributed by atoms with E-state index >= 15 is 0 Å². The highest BCUT2D eigenvalue weighted by molar-refractivity contribution is 5.68. The van der Waals surface area contributed by atoms with Gasteiger partial charge in [-0.3, -0.25) is 0 Å². The molecule has 0 atom stereocenters. The number of aryl methyl sites for hydroxylation is 1. The van der Waals surface area contributed by atoms with Gasteiger partial charge in [-0.25, -0.2) is 0 Å². The molecule has 0 amide bonds. The van der Waals surface area contributed by atoms with Gasteiger partial charge >= 0.3 is 6.01 Å². The third-order valence-corrected chi connectivity index (χ3v) is 3.40. The first kappa shape index (κ1) is 14.3. The summed E-state index contributed by atoms with van der Waals surface area (Å²) in [6.07, 6.45) is 0.